The van der Waals surface area contributed by atoms with Crippen molar-refractivity contribution >= 4 is 27.3 Å². The summed E-state index contributed by atoms with van der Waals surface area (Å²) < 4.78 is 1.17. The smallest absolute Gasteiger partial charge is 0.0679 e. The highest BCUT2D eigenvalue weighted by Gasteiger charge is 2.16. The summed E-state index contributed by atoms with van der Waals surface area (Å²) in [6, 6.07) is 11.2. The third kappa shape index (κ3) is 2.79. The molecule has 17 heavy (non-hydrogen) atoms. The Morgan fingerprint density at radius 1 is 1.18 bits per heavy atom. The van der Waals surface area contributed by atoms with Crippen molar-refractivity contribution in [3.05, 3.63) is 55.7 Å². The van der Waals surface area contributed by atoms with Crippen LogP contribution in [0, 0.1) is 13.8 Å². The van der Waals surface area contributed by atoms with Crippen molar-refractivity contribution in [3.63, 3.8) is 0 Å². The minimum Gasteiger partial charge on any atom is -0.309 e. The Labute approximate surface area is 115 Å². The number of hydrogen-bond acceptors (Lipinski definition) is 2. The van der Waals surface area contributed by atoms with Gasteiger partial charge < -0.3 is 5.32 Å². The molecular formula is C14H16BrNS. The van der Waals surface area contributed by atoms with Crippen LogP contribution in [0.4, 0.5) is 0 Å². The van der Waals surface area contributed by atoms with Crippen molar-refractivity contribution in [2.45, 2.75) is 19.9 Å². The van der Waals surface area contributed by atoms with Crippen molar-refractivity contribution in [2.24, 2.45) is 0 Å². The van der Waals surface area contributed by atoms with Gasteiger partial charge in [0.1, 0.15) is 0 Å². The number of nitrogens with one attached hydrogen (secondary N) is 1. The monoisotopic (exact) mass is 309 g/mol. The second-order valence-electron chi connectivity index (χ2n) is 4.20. The van der Waals surface area contributed by atoms with Gasteiger partial charge in [0.2, 0.25) is 0 Å². The van der Waals surface area contributed by atoms with Crippen molar-refractivity contribution in [1.29, 1.82) is 0 Å². The minimum atomic E-state index is 0.267. The van der Waals surface area contributed by atoms with E-state index in [4.69, 9.17) is 0 Å². The molecule has 2 aromatic rings. The van der Waals surface area contributed by atoms with Crippen LogP contribution in [0.25, 0.3) is 0 Å². The van der Waals surface area contributed by atoms with E-state index in [0.717, 1.165) is 0 Å². The van der Waals surface area contributed by atoms with Gasteiger partial charge in [0.25, 0.3) is 0 Å². The Balaban J connectivity index is 2.42. The van der Waals surface area contributed by atoms with Crippen molar-refractivity contribution in [3.8, 4) is 0 Å². The topological polar surface area (TPSA) is 12.0 Å². The van der Waals surface area contributed by atoms with Crippen molar-refractivity contribution < 1.29 is 0 Å². The van der Waals surface area contributed by atoms with Gasteiger partial charge in [-0.1, -0.05) is 28.1 Å². The molecule has 0 aliphatic heterocycles. The minimum absolute atomic E-state index is 0.267. The second kappa shape index (κ2) is 5.34. The Morgan fingerprint density at radius 2 is 1.94 bits per heavy atom. The zero-order valence-corrected chi connectivity index (χ0v) is 12.7. The van der Waals surface area contributed by atoms with Gasteiger partial charge in [0, 0.05) is 14.2 Å². The molecule has 90 valence electrons. The molecule has 0 spiro atoms. The Kier molecular flexibility index (Phi) is 4.02. The number of halogens is 1. The lowest BCUT2D eigenvalue weighted by molar-refractivity contribution is 0.700. The zero-order chi connectivity index (χ0) is 12.4. The second-order valence-corrected chi connectivity index (χ2v) is 6.37. The molecule has 1 unspecified atom stereocenters. The fraction of sp³-hybridized carbons (Fsp3) is 0.286. The lowest BCUT2D eigenvalue weighted by Gasteiger charge is -2.17. The molecule has 0 saturated heterocycles. The number of rotatable bonds is 3. The molecule has 1 atom stereocenters. The molecule has 0 bridgehead atoms. The lowest BCUT2D eigenvalue weighted by atomic mass is 10.0. The predicted octanol–water partition coefficient (Wildman–Crippen LogP) is 4.44. The van der Waals surface area contributed by atoms with E-state index < -0.39 is 0 Å². The van der Waals surface area contributed by atoms with Crippen LogP contribution in [-0.2, 0) is 0 Å². The highest BCUT2D eigenvalue weighted by atomic mass is 79.9. The van der Waals surface area contributed by atoms with Gasteiger partial charge in [0.15, 0.2) is 0 Å². The van der Waals surface area contributed by atoms with Gasteiger partial charge in [-0.2, -0.15) is 0 Å². The summed E-state index contributed by atoms with van der Waals surface area (Å²) in [5.41, 5.74) is 2.57. The molecule has 0 radical (unpaired) electrons. The zero-order valence-electron chi connectivity index (χ0n) is 10.3. The fourth-order valence-electron chi connectivity index (χ4n) is 1.93. The fourth-order valence-corrected chi connectivity index (χ4v) is 3.65. The van der Waals surface area contributed by atoms with Crippen LogP contribution in [0.5, 0.6) is 0 Å². The van der Waals surface area contributed by atoms with Crippen LogP contribution < -0.4 is 5.32 Å². The van der Waals surface area contributed by atoms with Gasteiger partial charge in [-0.25, -0.2) is 0 Å². The molecule has 0 fully saturated rings. The lowest BCUT2D eigenvalue weighted by Crippen LogP contribution is -2.16. The predicted molar refractivity (Wildman–Crippen MR) is 78.8 cm³/mol. The summed E-state index contributed by atoms with van der Waals surface area (Å²) >= 11 is 5.50. The van der Waals surface area contributed by atoms with Crippen LogP contribution in [-0.4, -0.2) is 7.05 Å². The summed E-state index contributed by atoms with van der Waals surface area (Å²) in [6.45, 7) is 4.25. The number of aryl methyl sites for hydroxylation is 2. The average molecular weight is 310 g/mol. The van der Waals surface area contributed by atoms with Crippen molar-refractivity contribution in [1.82, 2.24) is 5.32 Å². The van der Waals surface area contributed by atoms with E-state index in [1.165, 1.54) is 25.4 Å². The van der Waals surface area contributed by atoms with E-state index in [1.54, 1.807) is 0 Å². The van der Waals surface area contributed by atoms with Gasteiger partial charge >= 0.3 is 0 Å². The standard InChI is InChI=1S/C14H16BrNS/c1-9-4-6-11(12(15)8-9)14(16-3)13-7-5-10(2)17-13/h4-8,14,16H,1-3H3. The molecule has 0 amide bonds. The summed E-state index contributed by atoms with van der Waals surface area (Å²) in [5.74, 6) is 0. The molecular weight excluding hydrogens is 294 g/mol. The van der Waals surface area contributed by atoms with E-state index in [1.807, 2.05) is 18.4 Å². The van der Waals surface area contributed by atoms with E-state index in [-0.39, 0.29) is 6.04 Å². The van der Waals surface area contributed by atoms with E-state index in [9.17, 15) is 0 Å². The largest absolute Gasteiger partial charge is 0.309 e. The molecule has 0 saturated carbocycles. The Morgan fingerprint density at radius 3 is 2.47 bits per heavy atom. The molecule has 0 aliphatic carbocycles. The maximum atomic E-state index is 3.66. The van der Waals surface area contributed by atoms with Crippen LogP contribution in [0.2, 0.25) is 0 Å². The summed E-state index contributed by atoms with van der Waals surface area (Å²) in [6.07, 6.45) is 0. The van der Waals surface area contributed by atoms with E-state index >= 15 is 0 Å². The van der Waals surface area contributed by atoms with Gasteiger partial charge in [-0.3, -0.25) is 0 Å². The van der Waals surface area contributed by atoms with E-state index in [0.29, 0.717) is 0 Å². The molecule has 0 aliphatic rings. The molecule has 1 N–H and O–H groups in total. The van der Waals surface area contributed by atoms with Crippen LogP contribution in [0.3, 0.4) is 0 Å². The molecule has 2 rings (SSSR count). The highest BCUT2D eigenvalue weighted by molar-refractivity contribution is 9.10. The van der Waals surface area contributed by atoms with Crippen LogP contribution >= 0.6 is 27.3 Å². The molecule has 1 heterocycles. The summed E-state index contributed by atoms with van der Waals surface area (Å²) in [4.78, 5) is 2.71. The maximum absolute atomic E-state index is 3.66. The number of benzene rings is 1. The molecule has 1 aromatic carbocycles. The third-order valence-corrected chi connectivity index (χ3v) is 4.55. The highest BCUT2D eigenvalue weighted by Crippen LogP contribution is 2.32. The Bertz CT molecular complexity index is 519. The molecule has 1 aromatic heterocycles. The first kappa shape index (κ1) is 12.8. The quantitative estimate of drug-likeness (QED) is 0.884. The maximum Gasteiger partial charge on any atom is 0.0679 e. The summed E-state index contributed by atoms with van der Waals surface area (Å²) in [7, 11) is 2.01. The first-order valence-electron chi connectivity index (χ1n) is 5.61. The molecule has 1 nitrogen and oxygen atoms in total. The van der Waals surface area contributed by atoms with Gasteiger partial charge in [0.05, 0.1) is 6.04 Å². The van der Waals surface area contributed by atoms with Gasteiger partial charge in [-0.05, 0) is 50.2 Å². The normalized spacial score (nSPS) is 12.7. The average Bonchev–Trinajstić information content (AvgIpc) is 2.69. The summed E-state index contributed by atoms with van der Waals surface area (Å²) in [5, 5.41) is 3.39. The van der Waals surface area contributed by atoms with Gasteiger partial charge in [-0.15, -0.1) is 11.3 Å². The van der Waals surface area contributed by atoms with Crippen LogP contribution in [0.1, 0.15) is 26.9 Å². The number of thiophene rings is 1. The Hall–Kier alpha value is -0.640. The SMILES string of the molecule is CNC(c1ccc(C)s1)c1ccc(C)cc1Br. The van der Waals surface area contributed by atoms with Crippen molar-refractivity contribution in [2.75, 3.05) is 7.05 Å². The molecule has 3 heteroatoms. The third-order valence-electron chi connectivity index (χ3n) is 2.80. The van der Waals surface area contributed by atoms with E-state index in [2.05, 4.69) is 65.4 Å². The first-order valence-corrected chi connectivity index (χ1v) is 7.22. The number of hydrogen-bond donors (Lipinski definition) is 1. The van der Waals surface area contributed by atoms with Crippen LogP contribution in [0.15, 0.2) is 34.8 Å². The first-order chi connectivity index (χ1) is 8.11.